The monoisotopic (exact) mass is 336 g/mol. The molecule has 1 fully saturated rings. The topological polar surface area (TPSA) is 117 Å². The van der Waals surface area contributed by atoms with Gasteiger partial charge in [-0.3, -0.25) is 14.9 Å². The minimum atomic E-state index is -0.472. The number of carbonyl (C=O) groups excluding carboxylic acids is 1. The van der Waals surface area contributed by atoms with Gasteiger partial charge in [-0.2, -0.15) is 5.10 Å². The van der Waals surface area contributed by atoms with Crippen molar-refractivity contribution in [1.82, 2.24) is 5.43 Å². The van der Waals surface area contributed by atoms with Crippen LogP contribution in [0.15, 0.2) is 23.3 Å². The Morgan fingerprint density at radius 2 is 2.21 bits per heavy atom. The fourth-order valence-electron chi connectivity index (χ4n) is 2.32. The van der Waals surface area contributed by atoms with Crippen LogP contribution in [0.2, 0.25) is 0 Å². The molecule has 1 saturated heterocycles. The van der Waals surface area contributed by atoms with Crippen LogP contribution in [-0.2, 0) is 9.53 Å². The molecule has 0 radical (unpaired) electrons. The third-order valence-corrected chi connectivity index (χ3v) is 3.53. The number of carbonyl (C=O) groups is 1. The number of ether oxygens (including phenoxy) is 1. The molecule has 0 atom stereocenters. The number of hydrogen-bond acceptors (Lipinski definition) is 7. The number of anilines is 1. The molecule has 9 nitrogen and oxygen atoms in total. The van der Waals surface area contributed by atoms with E-state index in [0.717, 1.165) is 5.69 Å². The lowest BCUT2D eigenvalue weighted by Crippen LogP contribution is -2.36. The molecule has 0 saturated carbocycles. The molecule has 0 spiro atoms. The molecule has 1 aromatic carbocycles. The maximum Gasteiger partial charge on any atom is 0.270 e. The van der Waals surface area contributed by atoms with Gasteiger partial charge in [0, 0.05) is 49.5 Å². The van der Waals surface area contributed by atoms with Crippen molar-refractivity contribution in [3.8, 4) is 0 Å². The lowest BCUT2D eigenvalue weighted by molar-refractivity contribution is -0.384. The van der Waals surface area contributed by atoms with Crippen molar-refractivity contribution in [2.45, 2.75) is 12.8 Å². The van der Waals surface area contributed by atoms with Gasteiger partial charge in [-0.1, -0.05) is 0 Å². The van der Waals surface area contributed by atoms with Gasteiger partial charge >= 0.3 is 0 Å². The molecule has 9 heteroatoms. The average Bonchev–Trinajstić information content (AvgIpc) is 2.60. The summed E-state index contributed by atoms with van der Waals surface area (Å²) in [4.78, 5) is 24.0. The molecule has 1 amide bonds. The first kappa shape index (κ1) is 17.8. The summed E-state index contributed by atoms with van der Waals surface area (Å²) in [5.74, 6) is -0.321. The standard InChI is InChI=1S/C15H20N4O5/c20-7-1-2-15(21)17-16-11-12-10-13(19(22)23)3-4-14(12)18-5-8-24-9-6-18/h3-4,10-11,20H,1-2,5-9H2,(H,17,21). The van der Waals surface area contributed by atoms with Crippen LogP contribution >= 0.6 is 0 Å². The fourth-order valence-corrected chi connectivity index (χ4v) is 2.32. The van der Waals surface area contributed by atoms with Crippen LogP contribution in [0.5, 0.6) is 0 Å². The average molecular weight is 336 g/mol. The summed E-state index contributed by atoms with van der Waals surface area (Å²) < 4.78 is 5.31. The van der Waals surface area contributed by atoms with E-state index < -0.39 is 4.92 Å². The van der Waals surface area contributed by atoms with Crippen LogP contribution in [0, 0.1) is 10.1 Å². The van der Waals surface area contributed by atoms with Gasteiger partial charge in [-0.15, -0.1) is 0 Å². The number of hydrazone groups is 1. The van der Waals surface area contributed by atoms with Gasteiger partial charge in [0.05, 0.1) is 24.4 Å². The Balaban J connectivity index is 2.16. The number of aliphatic hydroxyl groups is 1. The normalized spacial score (nSPS) is 14.8. The van der Waals surface area contributed by atoms with Gasteiger partial charge in [0.15, 0.2) is 0 Å². The highest BCUT2D eigenvalue weighted by atomic mass is 16.6. The number of nitro groups is 1. The van der Waals surface area contributed by atoms with E-state index in [1.54, 1.807) is 6.07 Å². The molecule has 2 N–H and O–H groups in total. The molecule has 2 rings (SSSR count). The summed E-state index contributed by atoms with van der Waals surface area (Å²) >= 11 is 0. The largest absolute Gasteiger partial charge is 0.396 e. The summed E-state index contributed by atoms with van der Waals surface area (Å²) in [7, 11) is 0. The maximum atomic E-state index is 11.5. The number of nitrogens with one attached hydrogen (secondary N) is 1. The van der Waals surface area contributed by atoms with Crippen LogP contribution < -0.4 is 10.3 Å². The molecular weight excluding hydrogens is 316 g/mol. The predicted molar refractivity (Wildman–Crippen MR) is 88.2 cm³/mol. The van der Waals surface area contributed by atoms with E-state index >= 15 is 0 Å². The van der Waals surface area contributed by atoms with Crippen molar-refractivity contribution in [2.24, 2.45) is 5.10 Å². The Labute approximate surface area is 139 Å². The Kier molecular flexibility index (Phi) is 6.64. The number of nitro benzene ring substituents is 1. The van der Waals surface area contributed by atoms with Crippen molar-refractivity contribution in [3.63, 3.8) is 0 Å². The van der Waals surface area contributed by atoms with Gasteiger partial charge in [0.2, 0.25) is 5.91 Å². The molecule has 1 aliphatic heterocycles. The van der Waals surface area contributed by atoms with Crippen LogP contribution in [0.3, 0.4) is 0 Å². The number of rotatable bonds is 7. The number of amides is 1. The zero-order chi connectivity index (χ0) is 17.4. The van der Waals surface area contributed by atoms with Crippen molar-refractivity contribution < 1.29 is 19.6 Å². The number of aliphatic hydroxyl groups excluding tert-OH is 1. The van der Waals surface area contributed by atoms with Gasteiger partial charge < -0.3 is 14.7 Å². The zero-order valence-corrected chi connectivity index (χ0v) is 13.2. The van der Waals surface area contributed by atoms with Gasteiger partial charge in [0.1, 0.15) is 0 Å². The number of benzene rings is 1. The Hall–Kier alpha value is -2.52. The third-order valence-electron chi connectivity index (χ3n) is 3.53. The molecule has 130 valence electrons. The number of hydrogen-bond donors (Lipinski definition) is 2. The molecular formula is C15H20N4O5. The Bertz CT molecular complexity index is 614. The highest BCUT2D eigenvalue weighted by Crippen LogP contribution is 2.25. The second kappa shape index (κ2) is 8.94. The molecule has 1 heterocycles. The molecule has 0 aliphatic carbocycles. The van der Waals surface area contributed by atoms with Crippen LogP contribution in [0.25, 0.3) is 0 Å². The lowest BCUT2D eigenvalue weighted by atomic mass is 10.1. The Morgan fingerprint density at radius 1 is 1.46 bits per heavy atom. The van der Waals surface area contributed by atoms with E-state index in [9.17, 15) is 14.9 Å². The van der Waals surface area contributed by atoms with Gasteiger partial charge in [-0.05, 0) is 12.5 Å². The van der Waals surface area contributed by atoms with Crippen LogP contribution in [0.4, 0.5) is 11.4 Å². The first-order chi connectivity index (χ1) is 11.6. The molecule has 0 unspecified atom stereocenters. The maximum absolute atomic E-state index is 11.5. The van der Waals surface area contributed by atoms with E-state index in [1.807, 2.05) is 0 Å². The first-order valence-corrected chi connectivity index (χ1v) is 7.65. The number of nitrogens with zero attached hydrogens (tertiary/aromatic N) is 3. The molecule has 0 bridgehead atoms. The molecule has 24 heavy (non-hydrogen) atoms. The van der Waals surface area contributed by atoms with Crippen molar-refractivity contribution in [3.05, 3.63) is 33.9 Å². The number of morpholine rings is 1. The number of non-ortho nitro benzene ring substituents is 1. The second-order valence-corrected chi connectivity index (χ2v) is 5.22. The minimum Gasteiger partial charge on any atom is -0.396 e. The van der Waals surface area contributed by atoms with E-state index in [2.05, 4.69) is 15.4 Å². The summed E-state index contributed by atoms with van der Waals surface area (Å²) in [6, 6.07) is 4.55. The van der Waals surface area contributed by atoms with Gasteiger partial charge in [-0.25, -0.2) is 5.43 Å². The van der Waals surface area contributed by atoms with Gasteiger partial charge in [0.25, 0.3) is 5.69 Å². The van der Waals surface area contributed by atoms with Crippen LogP contribution in [-0.4, -0.2) is 55.1 Å². The summed E-state index contributed by atoms with van der Waals surface area (Å²) in [5.41, 5.74) is 3.66. The predicted octanol–water partition coefficient (Wildman–Crippen LogP) is 0.654. The van der Waals surface area contributed by atoms with Crippen molar-refractivity contribution >= 4 is 23.5 Å². The zero-order valence-electron chi connectivity index (χ0n) is 13.2. The van der Waals surface area contributed by atoms with E-state index in [1.165, 1.54) is 18.3 Å². The summed E-state index contributed by atoms with van der Waals surface area (Å²) in [6.45, 7) is 2.48. The highest BCUT2D eigenvalue weighted by molar-refractivity contribution is 5.90. The summed E-state index contributed by atoms with van der Waals surface area (Å²) in [6.07, 6.45) is 1.92. The smallest absolute Gasteiger partial charge is 0.270 e. The van der Waals surface area contributed by atoms with Crippen molar-refractivity contribution in [1.29, 1.82) is 0 Å². The Morgan fingerprint density at radius 3 is 2.88 bits per heavy atom. The van der Waals surface area contributed by atoms with Crippen molar-refractivity contribution in [2.75, 3.05) is 37.8 Å². The van der Waals surface area contributed by atoms with E-state index in [-0.39, 0.29) is 24.6 Å². The minimum absolute atomic E-state index is 0.0416. The highest BCUT2D eigenvalue weighted by Gasteiger charge is 2.17. The molecule has 0 aromatic heterocycles. The van der Waals surface area contributed by atoms with E-state index in [4.69, 9.17) is 9.84 Å². The van der Waals surface area contributed by atoms with E-state index in [0.29, 0.717) is 38.3 Å². The second-order valence-electron chi connectivity index (χ2n) is 5.22. The quantitative estimate of drug-likeness (QED) is 0.429. The third kappa shape index (κ3) is 5.00. The molecule has 1 aromatic rings. The SMILES string of the molecule is O=C(CCCO)NN=Cc1cc([N+](=O)[O-])ccc1N1CCOCC1. The summed E-state index contributed by atoms with van der Waals surface area (Å²) in [5, 5.41) is 23.5. The fraction of sp³-hybridized carbons (Fsp3) is 0.467. The van der Waals surface area contributed by atoms with Crippen LogP contribution in [0.1, 0.15) is 18.4 Å². The lowest BCUT2D eigenvalue weighted by Gasteiger charge is -2.29. The first-order valence-electron chi connectivity index (χ1n) is 7.65. The molecule has 1 aliphatic rings.